The number of aliphatic hydroxyl groups excluding tert-OH is 1. The molecule has 2 atom stereocenters. The second-order valence-corrected chi connectivity index (χ2v) is 7.55. The van der Waals surface area contributed by atoms with Crippen LogP contribution in [0.25, 0.3) is 0 Å². The summed E-state index contributed by atoms with van der Waals surface area (Å²) < 4.78 is 10.7. The standard InChI is InChI=1S/C21H35N3O3/c1-6-22-21(24-10-9-16(14-24)11-15(2)3)23-13-19(25)18-12-17(26-4)7-8-20(18)27-5/h7-8,12,15-16,19,25H,6,9-11,13-14H2,1-5H3,(H,22,23). The molecule has 1 aliphatic heterocycles. The topological polar surface area (TPSA) is 66.3 Å². The Morgan fingerprint density at radius 2 is 2.11 bits per heavy atom. The Labute approximate surface area is 163 Å². The van der Waals surface area contributed by atoms with Crippen molar-refractivity contribution in [1.29, 1.82) is 0 Å². The molecule has 0 radical (unpaired) electrons. The van der Waals surface area contributed by atoms with Gasteiger partial charge < -0.3 is 24.8 Å². The highest BCUT2D eigenvalue weighted by atomic mass is 16.5. The second kappa shape index (κ2) is 10.4. The Bertz CT molecular complexity index is 619. The van der Waals surface area contributed by atoms with Crippen molar-refractivity contribution in [2.45, 2.75) is 39.7 Å². The van der Waals surface area contributed by atoms with E-state index in [0.717, 1.165) is 37.4 Å². The SMILES string of the molecule is CCNC(=NCC(O)c1cc(OC)ccc1OC)N1CCC(CC(C)C)C1. The molecule has 0 amide bonds. The number of hydrogen-bond acceptors (Lipinski definition) is 4. The summed E-state index contributed by atoms with van der Waals surface area (Å²) in [5.41, 5.74) is 0.690. The first-order chi connectivity index (χ1) is 13.0. The van der Waals surface area contributed by atoms with Gasteiger partial charge in [-0.2, -0.15) is 0 Å². The van der Waals surface area contributed by atoms with E-state index in [1.807, 2.05) is 12.1 Å². The summed E-state index contributed by atoms with van der Waals surface area (Å²) in [4.78, 5) is 7.01. The summed E-state index contributed by atoms with van der Waals surface area (Å²) in [6.07, 6.45) is 1.70. The highest BCUT2D eigenvalue weighted by Crippen LogP contribution is 2.30. The summed E-state index contributed by atoms with van der Waals surface area (Å²) in [5.74, 6) is 3.65. The Kier molecular flexibility index (Phi) is 8.23. The van der Waals surface area contributed by atoms with Crippen LogP contribution in [0.3, 0.4) is 0 Å². The number of nitrogens with zero attached hydrogens (tertiary/aromatic N) is 2. The Hall–Kier alpha value is -1.95. The number of guanidine groups is 1. The molecule has 2 unspecified atom stereocenters. The van der Waals surface area contributed by atoms with Gasteiger partial charge in [0.05, 0.1) is 20.8 Å². The van der Waals surface area contributed by atoms with E-state index in [0.29, 0.717) is 17.1 Å². The lowest BCUT2D eigenvalue weighted by Gasteiger charge is -2.23. The normalized spacial score (nSPS) is 18.7. The van der Waals surface area contributed by atoms with Gasteiger partial charge in [-0.1, -0.05) is 13.8 Å². The summed E-state index contributed by atoms with van der Waals surface area (Å²) in [6.45, 7) is 9.75. The molecule has 1 aromatic carbocycles. The van der Waals surface area contributed by atoms with Crippen molar-refractivity contribution in [2.75, 3.05) is 40.4 Å². The van der Waals surface area contributed by atoms with Gasteiger partial charge in [-0.25, -0.2) is 0 Å². The molecule has 152 valence electrons. The van der Waals surface area contributed by atoms with Gasteiger partial charge in [0.25, 0.3) is 0 Å². The second-order valence-electron chi connectivity index (χ2n) is 7.55. The molecular weight excluding hydrogens is 342 g/mol. The molecule has 1 saturated heterocycles. The van der Waals surface area contributed by atoms with Crippen LogP contribution in [0.1, 0.15) is 45.3 Å². The molecule has 2 rings (SSSR count). The lowest BCUT2D eigenvalue weighted by atomic mass is 9.97. The summed E-state index contributed by atoms with van der Waals surface area (Å²) in [6, 6.07) is 5.44. The van der Waals surface area contributed by atoms with E-state index in [1.54, 1.807) is 20.3 Å². The van der Waals surface area contributed by atoms with Crippen LogP contribution >= 0.6 is 0 Å². The summed E-state index contributed by atoms with van der Waals surface area (Å²) >= 11 is 0. The molecule has 2 N–H and O–H groups in total. The van der Waals surface area contributed by atoms with Crippen LogP contribution in [-0.4, -0.2) is 56.4 Å². The molecule has 6 heteroatoms. The lowest BCUT2D eigenvalue weighted by molar-refractivity contribution is 0.181. The molecule has 1 aromatic rings. The van der Waals surface area contributed by atoms with Gasteiger partial charge in [0, 0.05) is 25.2 Å². The van der Waals surface area contributed by atoms with Crippen molar-refractivity contribution >= 4 is 5.96 Å². The molecule has 27 heavy (non-hydrogen) atoms. The first-order valence-corrected chi connectivity index (χ1v) is 9.91. The number of aliphatic imine (C=N–C) groups is 1. The Morgan fingerprint density at radius 1 is 1.33 bits per heavy atom. The molecule has 1 fully saturated rings. The first kappa shape index (κ1) is 21.4. The lowest BCUT2D eigenvalue weighted by Crippen LogP contribution is -2.40. The molecule has 0 spiro atoms. The van der Waals surface area contributed by atoms with E-state index in [2.05, 4.69) is 31.0 Å². The van der Waals surface area contributed by atoms with Gasteiger partial charge in [0.1, 0.15) is 17.6 Å². The molecule has 1 aliphatic rings. The average molecular weight is 378 g/mol. The predicted octanol–water partition coefficient (Wildman–Crippen LogP) is 3.07. The Balaban J connectivity index is 2.08. The van der Waals surface area contributed by atoms with Gasteiger partial charge in [0.15, 0.2) is 5.96 Å². The highest BCUT2D eigenvalue weighted by molar-refractivity contribution is 5.80. The average Bonchev–Trinajstić information content (AvgIpc) is 3.11. The van der Waals surface area contributed by atoms with E-state index < -0.39 is 6.10 Å². The van der Waals surface area contributed by atoms with Crippen molar-refractivity contribution in [3.05, 3.63) is 23.8 Å². The molecule has 0 bridgehead atoms. The zero-order chi connectivity index (χ0) is 19.8. The van der Waals surface area contributed by atoms with Crippen LogP contribution in [0.5, 0.6) is 11.5 Å². The van der Waals surface area contributed by atoms with Gasteiger partial charge in [-0.05, 0) is 49.8 Å². The number of nitrogens with one attached hydrogen (secondary N) is 1. The number of ether oxygens (including phenoxy) is 2. The number of benzene rings is 1. The van der Waals surface area contributed by atoms with Crippen LogP contribution in [-0.2, 0) is 0 Å². The molecule has 0 saturated carbocycles. The number of methoxy groups -OCH3 is 2. The Morgan fingerprint density at radius 3 is 2.74 bits per heavy atom. The van der Waals surface area contributed by atoms with Crippen molar-refractivity contribution < 1.29 is 14.6 Å². The van der Waals surface area contributed by atoms with Crippen molar-refractivity contribution in [1.82, 2.24) is 10.2 Å². The summed E-state index contributed by atoms with van der Waals surface area (Å²) in [7, 11) is 3.21. The minimum absolute atomic E-state index is 0.275. The minimum atomic E-state index is -0.752. The largest absolute Gasteiger partial charge is 0.497 e. The maximum Gasteiger partial charge on any atom is 0.194 e. The van der Waals surface area contributed by atoms with Crippen LogP contribution in [0, 0.1) is 11.8 Å². The van der Waals surface area contributed by atoms with Gasteiger partial charge in [-0.15, -0.1) is 0 Å². The van der Waals surface area contributed by atoms with Gasteiger partial charge in [0.2, 0.25) is 0 Å². The van der Waals surface area contributed by atoms with Gasteiger partial charge in [-0.3, -0.25) is 4.99 Å². The fourth-order valence-corrected chi connectivity index (χ4v) is 3.68. The number of aliphatic hydroxyl groups is 1. The fourth-order valence-electron chi connectivity index (χ4n) is 3.68. The maximum absolute atomic E-state index is 10.7. The maximum atomic E-state index is 10.7. The van der Waals surface area contributed by atoms with E-state index in [4.69, 9.17) is 14.5 Å². The molecule has 1 heterocycles. The molecule has 0 aliphatic carbocycles. The molecular formula is C21H35N3O3. The van der Waals surface area contributed by atoms with E-state index in [1.165, 1.54) is 12.8 Å². The van der Waals surface area contributed by atoms with Crippen molar-refractivity contribution in [3.8, 4) is 11.5 Å². The smallest absolute Gasteiger partial charge is 0.194 e. The molecule has 6 nitrogen and oxygen atoms in total. The molecule has 0 aromatic heterocycles. The number of rotatable bonds is 8. The third-order valence-corrected chi connectivity index (χ3v) is 4.93. The van der Waals surface area contributed by atoms with E-state index >= 15 is 0 Å². The first-order valence-electron chi connectivity index (χ1n) is 9.91. The minimum Gasteiger partial charge on any atom is -0.497 e. The predicted molar refractivity (Wildman–Crippen MR) is 110 cm³/mol. The number of hydrogen-bond donors (Lipinski definition) is 2. The van der Waals surface area contributed by atoms with Crippen LogP contribution in [0.15, 0.2) is 23.2 Å². The third kappa shape index (κ3) is 6.03. The summed E-state index contributed by atoms with van der Waals surface area (Å²) in [5, 5.41) is 14.1. The highest BCUT2D eigenvalue weighted by Gasteiger charge is 2.25. The van der Waals surface area contributed by atoms with E-state index in [9.17, 15) is 5.11 Å². The van der Waals surface area contributed by atoms with Crippen LogP contribution < -0.4 is 14.8 Å². The van der Waals surface area contributed by atoms with Crippen LogP contribution in [0.2, 0.25) is 0 Å². The third-order valence-electron chi connectivity index (χ3n) is 4.93. The van der Waals surface area contributed by atoms with Gasteiger partial charge >= 0.3 is 0 Å². The van der Waals surface area contributed by atoms with Crippen molar-refractivity contribution in [2.24, 2.45) is 16.8 Å². The van der Waals surface area contributed by atoms with Crippen LogP contribution in [0.4, 0.5) is 0 Å². The zero-order valence-electron chi connectivity index (χ0n) is 17.4. The monoisotopic (exact) mass is 377 g/mol. The van der Waals surface area contributed by atoms with Crippen molar-refractivity contribution in [3.63, 3.8) is 0 Å². The quantitative estimate of drug-likeness (QED) is 0.538. The fraction of sp³-hybridized carbons (Fsp3) is 0.667. The number of likely N-dealkylation sites (tertiary alicyclic amines) is 1. The zero-order valence-corrected chi connectivity index (χ0v) is 17.4. The van der Waals surface area contributed by atoms with E-state index in [-0.39, 0.29) is 6.54 Å².